The molecule has 5 heteroatoms. The molecule has 1 aliphatic rings. The highest BCUT2D eigenvalue weighted by Gasteiger charge is 2.18. The van der Waals surface area contributed by atoms with Gasteiger partial charge in [-0.25, -0.2) is 0 Å². The molecule has 1 saturated heterocycles. The molecule has 1 unspecified atom stereocenters. The molecule has 1 rings (SSSR count). The molecular formula is C10H16N2O3. The second-order valence-corrected chi connectivity index (χ2v) is 3.34. The van der Waals surface area contributed by atoms with Gasteiger partial charge in [0.2, 0.25) is 0 Å². The van der Waals surface area contributed by atoms with E-state index < -0.39 is 11.8 Å². The molecule has 1 atom stereocenters. The maximum absolute atomic E-state index is 11.2. The number of amides is 2. The number of rotatable bonds is 4. The molecule has 2 amide bonds. The van der Waals surface area contributed by atoms with Crippen LogP contribution in [0.2, 0.25) is 0 Å². The molecule has 0 aromatic carbocycles. The Kier molecular flexibility index (Phi) is 4.83. The zero-order valence-corrected chi connectivity index (χ0v) is 8.62. The summed E-state index contributed by atoms with van der Waals surface area (Å²) in [5.74, 6) is -1.25. The van der Waals surface area contributed by atoms with E-state index in [2.05, 4.69) is 17.2 Å². The third-order valence-corrected chi connectivity index (χ3v) is 2.13. The predicted molar refractivity (Wildman–Crippen MR) is 55.2 cm³/mol. The van der Waals surface area contributed by atoms with Crippen LogP contribution in [0.4, 0.5) is 0 Å². The first-order chi connectivity index (χ1) is 7.24. The third-order valence-electron chi connectivity index (χ3n) is 2.13. The molecule has 1 aliphatic heterocycles. The number of nitrogens with one attached hydrogen (secondary N) is 2. The van der Waals surface area contributed by atoms with E-state index in [0.29, 0.717) is 13.1 Å². The van der Waals surface area contributed by atoms with Gasteiger partial charge >= 0.3 is 11.8 Å². The first-order valence-corrected chi connectivity index (χ1v) is 5.02. The third kappa shape index (κ3) is 4.12. The van der Waals surface area contributed by atoms with Gasteiger partial charge in [0, 0.05) is 19.7 Å². The summed E-state index contributed by atoms with van der Waals surface area (Å²) in [6.07, 6.45) is 3.53. The lowest BCUT2D eigenvalue weighted by molar-refractivity contribution is -0.139. The minimum absolute atomic E-state index is 0.0566. The normalized spacial score (nSPS) is 19.6. The van der Waals surface area contributed by atoms with Crippen molar-refractivity contribution < 1.29 is 14.3 Å². The van der Waals surface area contributed by atoms with Crippen molar-refractivity contribution in [1.29, 1.82) is 0 Å². The Hall–Kier alpha value is -1.36. The Labute approximate surface area is 88.9 Å². The van der Waals surface area contributed by atoms with E-state index in [-0.39, 0.29) is 6.10 Å². The van der Waals surface area contributed by atoms with Gasteiger partial charge in [0.05, 0.1) is 6.10 Å². The van der Waals surface area contributed by atoms with Crippen LogP contribution in [-0.4, -0.2) is 37.6 Å². The molecule has 1 fully saturated rings. The van der Waals surface area contributed by atoms with Gasteiger partial charge in [0.25, 0.3) is 0 Å². The van der Waals surface area contributed by atoms with Crippen LogP contribution >= 0.6 is 0 Å². The summed E-state index contributed by atoms with van der Waals surface area (Å²) in [4.78, 5) is 22.3. The smallest absolute Gasteiger partial charge is 0.309 e. The van der Waals surface area contributed by atoms with Crippen LogP contribution in [0.1, 0.15) is 12.8 Å². The second kappa shape index (κ2) is 6.19. The molecule has 0 radical (unpaired) electrons. The molecule has 2 N–H and O–H groups in total. The lowest BCUT2D eigenvalue weighted by atomic mass is 10.2. The summed E-state index contributed by atoms with van der Waals surface area (Å²) < 4.78 is 5.30. The van der Waals surface area contributed by atoms with Crippen molar-refractivity contribution in [3.63, 3.8) is 0 Å². The van der Waals surface area contributed by atoms with E-state index in [1.165, 1.54) is 6.08 Å². The monoisotopic (exact) mass is 212 g/mol. The van der Waals surface area contributed by atoms with Crippen molar-refractivity contribution in [2.45, 2.75) is 18.9 Å². The van der Waals surface area contributed by atoms with Crippen LogP contribution in [0.5, 0.6) is 0 Å². The molecular weight excluding hydrogens is 196 g/mol. The van der Waals surface area contributed by atoms with E-state index in [0.717, 1.165) is 19.4 Å². The summed E-state index contributed by atoms with van der Waals surface area (Å²) in [6.45, 7) is 4.87. The molecule has 0 bridgehead atoms. The molecule has 0 saturated carbocycles. The molecule has 5 nitrogen and oxygen atoms in total. The first-order valence-electron chi connectivity index (χ1n) is 5.02. The Morgan fingerprint density at radius 3 is 2.73 bits per heavy atom. The van der Waals surface area contributed by atoms with Gasteiger partial charge in [0.15, 0.2) is 0 Å². The number of carbonyl (C=O) groups is 2. The number of hydrogen-bond donors (Lipinski definition) is 2. The number of ether oxygens (including phenoxy) is 1. The molecule has 0 aromatic heterocycles. The van der Waals surface area contributed by atoms with Crippen LogP contribution in [-0.2, 0) is 14.3 Å². The Morgan fingerprint density at radius 1 is 1.40 bits per heavy atom. The minimum Gasteiger partial charge on any atom is -0.376 e. The average molecular weight is 212 g/mol. The molecule has 0 spiro atoms. The molecule has 84 valence electrons. The van der Waals surface area contributed by atoms with E-state index >= 15 is 0 Å². The van der Waals surface area contributed by atoms with Gasteiger partial charge in [-0.15, -0.1) is 6.58 Å². The van der Waals surface area contributed by atoms with Crippen molar-refractivity contribution >= 4 is 11.8 Å². The lowest BCUT2D eigenvalue weighted by Gasteiger charge is -2.10. The zero-order valence-electron chi connectivity index (χ0n) is 8.62. The summed E-state index contributed by atoms with van der Waals surface area (Å²) in [6, 6.07) is 0. The van der Waals surface area contributed by atoms with E-state index in [1.54, 1.807) is 0 Å². The van der Waals surface area contributed by atoms with Crippen LogP contribution in [0, 0.1) is 0 Å². The summed E-state index contributed by atoms with van der Waals surface area (Å²) >= 11 is 0. The SMILES string of the molecule is C=CCNC(=O)C(=O)NCC1CCCO1. The summed E-state index contributed by atoms with van der Waals surface area (Å²) in [5, 5.41) is 4.92. The maximum atomic E-state index is 11.2. The van der Waals surface area contributed by atoms with E-state index in [9.17, 15) is 9.59 Å². The van der Waals surface area contributed by atoms with Crippen molar-refractivity contribution in [3.8, 4) is 0 Å². The van der Waals surface area contributed by atoms with Crippen molar-refractivity contribution in [1.82, 2.24) is 10.6 Å². The second-order valence-electron chi connectivity index (χ2n) is 3.34. The van der Waals surface area contributed by atoms with Crippen molar-refractivity contribution in [3.05, 3.63) is 12.7 Å². The molecule has 15 heavy (non-hydrogen) atoms. The molecule has 0 aromatic rings. The molecule has 0 aliphatic carbocycles. The zero-order chi connectivity index (χ0) is 11.1. The van der Waals surface area contributed by atoms with Crippen LogP contribution in [0.3, 0.4) is 0 Å². The van der Waals surface area contributed by atoms with Gasteiger partial charge in [-0.05, 0) is 12.8 Å². The number of carbonyl (C=O) groups excluding carboxylic acids is 2. The standard InChI is InChI=1S/C10H16N2O3/c1-2-5-11-9(13)10(14)12-7-8-4-3-6-15-8/h2,8H,1,3-7H2,(H,11,13)(H,12,14). The average Bonchev–Trinajstić information content (AvgIpc) is 2.75. The quantitative estimate of drug-likeness (QED) is 0.491. The lowest BCUT2D eigenvalue weighted by Crippen LogP contribution is -2.42. The van der Waals surface area contributed by atoms with Gasteiger partial charge in [-0.1, -0.05) is 6.08 Å². The van der Waals surface area contributed by atoms with E-state index in [1.807, 2.05) is 0 Å². The summed E-state index contributed by atoms with van der Waals surface area (Å²) in [5.41, 5.74) is 0. The fourth-order valence-electron chi connectivity index (χ4n) is 1.34. The van der Waals surface area contributed by atoms with E-state index in [4.69, 9.17) is 4.74 Å². The first kappa shape index (κ1) is 11.7. The van der Waals surface area contributed by atoms with Gasteiger partial charge < -0.3 is 15.4 Å². The van der Waals surface area contributed by atoms with Gasteiger partial charge in [-0.3, -0.25) is 9.59 Å². The van der Waals surface area contributed by atoms with Crippen LogP contribution < -0.4 is 10.6 Å². The van der Waals surface area contributed by atoms with Crippen LogP contribution in [0.25, 0.3) is 0 Å². The highest BCUT2D eigenvalue weighted by atomic mass is 16.5. The van der Waals surface area contributed by atoms with Gasteiger partial charge in [-0.2, -0.15) is 0 Å². The number of hydrogen-bond acceptors (Lipinski definition) is 3. The van der Waals surface area contributed by atoms with Gasteiger partial charge in [0.1, 0.15) is 0 Å². The van der Waals surface area contributed by atoms with Crippen molar-refractivity contribution in [2.24, 2.45) is 0 Å². The Bertz CT molecular complexity index is 247. The topological polar surface area (TPSA) is 67.4 Å². The minimum atomic E-state index is -0.632. The Balaban J connectivity index is 2.16. The molecule has 1 heterocycles. The predicted octanol–water partition coefficient (Wildman–Crippen LogP) is -0.416. The highest BCUT2D eigenvalue weighted by molar-refractivity contribution is 6.35. The largest absolute Gasteiger partial charge is 0.376 e. The summed E-state index contributed by atoms with van der Waals surface area (Å²) in [7, 11) is 0. The fourth-order valence-corrected chi connectivity index (χ4v) is 1.34. The van der Waals surface area contributed by atoms with Crippen LogP contribution in [0.15, 0.2) is 12.7 Å². The van der Waals surface area contributed by atoms with Crippen molar-refractivity contribution in [2.75, 3.05) is 19.7 Å². The fraction of sp³-hybridized carbons (Fsp3) is 0.600. The highest BCUT2D eigenvalue weighted by Crippen LogP contribution is 2.10. The Morgan fingerprint density at radius 2 is 2.13 bits per heavy atom. The maximum Gasteiger partial charge on any atom is 0.309 e.